The largest absolute Gasteiger partial charge is 0.352 e. The predicted octanol–water partition coefficient (Wildman–Crippen LogP) is 2.31. The molecule has 1 saturated heterocycles. The second-order valence-corrected chi connectivity index (χ2v) is 8.38. The first-order chi connectivity index (χ1) is 14.2. The molecule has 3 aliphatic rings. The summed E-state index contributed by atoms with van der Waals surface area (Å²) in [6.45, 7) is 7.50. The maximum atomic E-state index is 11.5. The number of carbonyl (C=O) groups is 1. The van der Waals surface area contributed by atoms with Crippen molar-refractivity contribution in [3.8, 4) is 0 Å². The van der Waals surface area contributed by atoms with Crippen molar-refractivity contribution in [3.63, 3.8) is 0 Å². The predicted molar refractivity (Wildman–Crippen MR) is 112 cm³/mol. The van der Waals surface area contributed by atoms with Crippen molar-refractivity contribution in [2.24, 2.45) is 0 Å². The first-order valence-electron chi connectivity index (χ1n) is 10.7. The third kappa shape index (κ3) is 3.71. The van der Waals surface area contributed by atoms with Crippen LogP contribution in [0.15, 0.2) is 24.5 Å². The molecule has 7 nitrogen and oxygen atoms in total. The maximum absolute atomic E-state index is 11.5. The molecule has 2 aromatic rings. The van der Waals surface area contributed by atoms with E-state index in [0.29, 0.717) is 5.56 Å². The van der Waals surface area contributed by atoms with Gasteiger partial charge >= 0.3 is 0 Å². The number of piperazine rings is 1. The average molecular weight is 393 g/mol. The highest BCUT2D eigenvalue weighted by molar-refractivity contribution is 5.93. The molecule has 0 unspecified atom stereocenters. The van der Waals surface area contributed by atoms with Gasteiger partial charge in [0.1, 0.15) is 5.82 Å². The molecule has 0 amide bonds. The number of hydrogen-bond donors (Lipinski definition) is 0. The van der Waals surface area contributed by atoms with Crippen LogP contribution in [0.5, 0.6) is 0 Å². The Hall–Kier alpha value is -2.54. The van der Waals surface area contributed by atoms with Gasteiger partial charge in [0.15, 0.2) is 5.78 Å². The van der Waals surface area contributed by atoms with E-state index in [4.69, 9.17) is 4.98 Å². The Balaban J connectivity index is 1.24. The number of anilines is 2. The van der Waals surface area contributed by atoms with Gasteiger partial charge in [0.25, 0.3) is 0 Å². The SMILES string of the molecule is CC(=O)c1ccc(N2CCc3nc(N4CCN(C5CCC5)CC4)ncc3C2)nc1. The minimum absolute atomic E-state index is 0.0440. The van der Waals surface area contributed by atoms with Crippen LogP contribution in [0.1, 0.15) is 47.8 Å². The maximum Gasteiger partial charge on any atom is 0.225 e. The van der Waals surface area contributed by atoms with Crippen molar-refractivity contribution in [3.05, 3.63) is 41.3 Å². The van der Waals surface area contributed by atoms with E-state index in [9.17, 15) is 4.79 Å². The smallest absolute Gasteiger partial charge is 0.225 e. The van der Waals surface area contributed by atoms with Gasteiger partial charge < -0.3 is 9.80 Å². The molecule has 5 rings (SSSR count). The minimum atomic E-state index is 0.0440. The fourth-order valence-electron chi connectivity index (χ4n) is 4.47. The van der Waals surface area contributed by atoms with Crippen LogP contribution in [0.2, 0.25) is 0 Å². The summed E-state index contributed by atoms with van der Waals surface area (Å²) in [4.78, 5) is 32.7. The normalized spacial score (nSPS) is 20.3. The van der Waals surface area contributed by atoms with Crippen LogP contribution in [-0.2, 0) is 13.0 Å². The zero-order chi connectivity index (χ0) is 19.8. The highest BCUT2D eigenvalue weighted by Gasteiger charge is 2.29. The summed E-state index contributed by atoms with van der Waals surface area (Å²) in [5.41, 5.74) is 2.98. The monoisotopic (exact) mass is 392 g/mol. The lowest BCUT2D eigenvalue weighted by Gasteiger charge is -2.43. The van der Waals surface area contributed by atoms with Gasteiger partial charge in [-0.25, -0.2) is 15.0 Å². The Labute approximate surface area is 171 Å². The van der Waals surface area contributed by atoms with E-state index in [1.54, 1.807) is 13.1 Å². The number of fused-ring (bicyclic) bond motifs is 1. The van der Waals surface area contributed by atoms with E-state index in [2.05, 4.69) is 24.7 Å². The molecule has 0 atom stereocenters. The fourth-order valence-corrected chi connectivity index (χ4v) is 4.47. The summed E-state index contributed by atoms with van der Waals surface area (Å²) in [5.74, 6) is 1.83. The first kappa shape index (κ1) is 18.5. The molecule has 1 aliphatic carbocycles. The Morgan fingerprint density at radius 3 is 2.48 bits per heavy atom. The summed E-state index contributed by atoms with van der Waals surface area (Å²) in [7, 11) is 0. The van der Waals surface area contributed by atoms with Crippen LogP contribution in [0.3, 0.4) is 0 Å². The molecule has 0 spiro atoms. The second-order valence-electron chi connectivity index (χ2n) is 8.38. The van der Waals surface area contributed by atoms with E-state index in [1.165, 1.54) is 24.8 Å². The van der Waals surface area contributed by atoms with Crippen LogP contribution in [-0.4, -0.2) is 64.4 Å². The number of ketones is 1. The van der Waals surface area contributed by atoms with Gasteiger partial charge in [-0.3, -0.25) is 9.69 Å². The van der Waals surface area contributed by atoms with Crippen LogP contribution in [0.4, 0.5) is 11.8 Å². The zero-order valence-corrected chi connectivity index (χ0v) is 17.0. The minimum Gasteiger partial charge on any atom is -0.352 e. The Bertz CT molecular complexity index is 887. The third-order valence-corrected chi connectivity index (χ3v) is 6.59. The van der Waals surface area contributed by atoms with E-state index < -0.39 is 0 Å². The summed E-state index contributed by atoms with van der Waals surface area (Å²) in [6, 6.07) is 4.60. The Morgan fingerprint density at radius 2 is 1.83 bits per heavy atom. The number of pyridine rings is 1. The van der Waals surface area contributed by atoms with Gasteiger partial charge in [-0.05, 0) is 31.9 Å². The number of hydrogen-bond acceptors (Lipinski definition) is 7. The lowest BCUT2D eigenvalue weighted by molar-refractivity contribution is 0.101. The molecule has 2 fully saturated rings. The Morgan fingerprint density at radius 1 is 1.00 bits per heavy atom. The highest BCUT2D eigenvalue weighted by atomic mass is 16.1. The van der Waals surface area contributed by atoms with Crippen molar-refractivity contribution >= 4 is 17.5 Å². The molecule has 0 N–H and O–H groups in total. The molecule has 0 aromatic carbocycles. The molecule has 7 heteroatoms. The van der Waals surface area contributed by atoms with Gasteiger partial charge in [-0.1, -0.05) is 6.42 Å². The zero-order valence-electron chi connectivity index (χ0n) is 17.0. The summed E-state index contributed by atoms with van der Waals surface area (Å²) < 4.78 is 0. The van der Waals surface area contributed by atoms with Crippen molar-refractivity contribution in [1.29, 1.82) is 0 Å². The van der Waals surface area contributed by atoms with Crippen LogP contribution < -0.4 is 9.80 Å². The summed E-state index contributed by atoms with van der Waals surface area (Å²) in [6.07, 6.45) is 8.69. The first-order valence-corrected chi connectivity index (χ1v) is 10.7. The highest BCUT2D eigenvalue weighted by Crippen LogP contribution is 2.27. The number of nitrogens with zero attached hydrogens (tertiary/aromatic N) is 6. The van der Waals surface area contributed by atoms with E-state index in [-0.39, 0.29) is 5.78 Å². The average Bonchev–Trinajstić information content (AvgIpc) is 2.72. The number of carbonyl (C=O) groups excluding carboxylic acids is 1. The van der Waals surface area contributed by atoms with Gasteiger partial charge in [0, 0.05) is 75.3 Å². The van der Waals surface area contributed by atoms with Crippen molar-refractivity contribution in [2.45, 2.75) is 45.2 Å². The van der Waals surface area contributed by atoms with Gasteiger partial charge in [0.2, 0.25) is 5.95 Å². The molecule has 4 heterocycles. The molecule has 1 saturated carbocycles. The Kier molecular flexibility index (Phi) is 4.91. The number of aromatic nitrogens is 3. The van der Waals surface area contributed by atoms with Gasteiger partial charge in [0.05, 0.1) is 5.69 Å². The van der Waals surface area contributed by atoms with Crippen molar-refractivity contribution in [1.82, 2.24) is 19.9 Å². The van der Waals surface area contributed by atoms with Gasteiger partial charge in [-0.2, -0.15) is 0 Å². The molecule has 0 radical (unpaired) electrons. The lowest BCUT2D eigenvalue weighted by Crippen LogP contribution is -2.52. The molecule has 2 aromatic heterocycles. The lowest BCUT2D eigenvalue weighted by atomic mass is 9.91. The van der Waals surface area contributed by atoms with Crippen LogP contribution in [0, 0.1) is 0 Å². The molecule has 152 valence electrons. The number of rotatable bonds is 4. The molecule has 2 aliphatic heterocycles. The standard InChI is InChI=1S/C22H28N6O/c1-16(29)17-5-6-21(23-13-17)28-8-7-20-18(15-28)14-24-22(25-20)27-11-9-26(10-12-27)19-3-2-4-19/h5-6,13-14,19H,2-4,7-12,15H2,1H3. The summed E-state index contributed by atoms with van der Waals surface area (Å²) in [5, 5.41) is 0. The van der Waals surface area contributed by atoms with Crippen LogP contribution >= 0.6 is 0 Å². The summed E-state index contributed by atoms with van der Waals surface area (Å²) >= 11 is 0. The van der Waals surface area contributed by atoms with Crippen LogP contribution in [0.25, 0.3) is 0 Å². The third-order valence-electron chi connectivity index (χ3n) is 6.59. The van der Waals surface area contributed by atoms with E-state index in [1.807, 2.05) is 18.3 Å². The van der Waals surface area contributed by atoms with Gasteiger partial charge in [-0.15, -0.1) is 0 Å². The number of Topliss-reactive ketones (excluding diaryl/α,β-unsaturated/α-hetero) is 1. The molecular weight excluding hydrogens is 364 g/mol. The molecule has 29 heavy (non-hydrogen) atoms. The van der Waals surface area contributed by atoms with Crippen molar-refractivity contribution in [2.75, 3.05) is 42.5 Å². The van der Waals surface area contributed by atoms with Crippen molar-refractivity contribution < 1.29 is 4.79 Å². The second kappa shape index (κ2) is 7.71. The fraction of sp³-hybridized carbons (Fsp3) is 0.545. The quantitative estimate of drug-likeness (QED) is 0.740. The molecular formula is C22H28N6O. The van der Waals surface area contributed by atoms with E-state index in [0.717, 1.165) is 69.2 Å². The topological polar surface area (TPSA) is 65.5 Å². The molecule has 0 bridgehead atoms. The van der Waals surface area contributed by atoms with E-state index >= 15 is 0 Å².